The van der Waals surface area contributed by atoms with Crippen LogP contribution in [0.25, 0.3) is 0 Å². The summed E-state index contributed by atoms with van der Waals surface area (Å²) in [7, 11) is 0. The van der Waals surface area contributed by atoms with Gasteiger partial charge >= 0.3 is 5.97 Å². The average Bonchev–Trinajstić information content (AvgIpc) is 3.00. The number of hydrogen-bond acceptors (Lipinski definition) is 3. The zero-order valence-electron chi connectivity index (χ0n) is 18.8. The van der Waals surface area contributed by atoms with Gasteiger partial charge in [-0.25, -0.2) is 0 Å². The standard InChI is InChI=1S/C26H37NO3/c1-5-27(17-26(4,29)19-11-7-6-8-12-19)16-21-20-14-22-18(2)10-9-13-25(22,3)15-23(20)30-24(21)28/h6-8,11-12,20-23,29H,2,5,9-10,13-17H2,1,3-4H3/p+1/t20-,21+,22-,23+,25+,26-/m1/s1. The van der Waals surface area contributed by atoms with Crippen molar-refractivity contribution in [2.24, 2.45) is 23.2 Å². The summed E-state index contributed by atoms with van der Waals surface area (Å²) in [6.07, 6.45) is 5.62. The lowest BCUT2D eigenvalue weighted by Crippen LogP contribution is -3.14. The topological polar surface area (TPSA) is 51.0 Å². The van der Waals surface area contributed by atoms with E-state index in [9.17, 15) is 9.90 Å². The Balaban J connectivity index is 1.48. The van der Waals surface area contributed by atoms with Crippen molar-refractivity contribution in [3.63, 3.8) is 0 Å². The van der Waals surface area contributed by atoms with Gasteiger partial charge in [-0.05, 0) is 62.8 Å². The Hall–Kier alpha value is -1.65. The van der Waals surface area contributed by atoms with Crippen molar-refractivity contribution in [3.8, 4) is 0 Å². The predicted molar refractivity (Wildman–Crippen MR) is 118 cm³/mol. The molecule has 30 heavy (non-hydrogen) atoms. The number of nitrogens with one attached hydrogen (secondary N) is 1. The Morgan fingerprint density at radius 2 is 2.07 bits per heavy atom. The molecular formula is C26H38NO3+. The summed E-state index contributed by atoms with van der Waals surface area (Å²) in [5.74, 6) is 0.703. The number of esters is 1. The Labute approximate surface area is 181 Å². The van der Waals surface area contributed by atoms with Gasteiger partial charge < -0.3 is 14.7 Å². The molecule has 2 saturated carbocycles. The van der Waals surface area contributed by atoms with E-state index >= 15 is 0 Å². The number of allylic oxidation sites excluding steroid dienone is 1. The lowest BCUT2D eigenvalue weighted by atomic mass is 9.55. The third kappa shape index (κ3) is 3.97. The second-order valence-electron chi connectivity index (χ2n) is 10.5. The van der Waals surface area contributed by atoms with Crippen LogP contribution < -0.4 is 4.90 Å². The van der Waals surface area contributed by atoms with Crippen molar-refractivity contribution in [1.29, 1.82) is 0 Å². The maximum atomic E-state index is 12.9. The molecule has 0 aromatic heterocycles. The second kappa shape index (κ2) is 8.12. The molecule has 3 aliphatic rings. The molecule has 2 aliphatic carbocycles. The molecule has 1 aliphatic heterocycles. The van der Waals surface area contributed by atoms with E-state index < -0.39 is 5.60 Å². The third-order valence-electron chi connectivity index (χ3n) is 8.32. The molecule has 1 unspecified atom stereocenters. The summed E-state index contributed by atoms with van der Waals surface area (Å²) in [6, 6.07) is 9.84. The van der Waals surface area contributed by atoms with Crippen LogP contribution >= 0.6 is 0 Å². The van der Waals surface area contributed by atoms with E-state index in [-0.39, 0.29) is 29.3 Å². The van der Waals surface area contributed by atoms with Crippen molar-refractivity contribution >= 4 is 5.97 Å². The number of benzene rings is 1. The van der Waals surface area contributed by atoms with Gasteiger partial charge in [-0.3, -0.25) is 4.79 Å². The maximum absolute atomic E-state index is 12.9. The molecule has 1 aromatic carbocycles. The van der Waals surface area contributed by atoms with Crippen LogP contribution in [0.2, 0.25) is 0 Å². The maximum Gasteiger partial charge on any atom is 0.315 e. The van der Waals surface area contributed by atoms with Gasteiger partial charge in [-0.2, -0.15) is 0 Å². The normalized spacial score (nSPS) is 36.4. The highest BCUT2D eigenvalue weighted by atomic mass is 16.6. The number of ether oxygens (including phenoxy) is 1. The summed E-state index contributed by atoms with van der Waals surface area (Å²) in [5.41, 5.74) is 1.62. The van der Waals surface area contributed by atoms with E-state index in [2.05, 4.69) is 20.4 Å². The number of rotatable bonds is 6. The van der Waals surface area contributed by atoms with Crippen LogP contribution in [0.15, 0.2) is 42.5 Å². The molecule has 4 rings (SSSR count). The quantitative estimate of drug-likeness (QED) is 0.558. The van der Waals surface area contributed by atoms with Crippen molar-refractivity contribution < 1.29 is 19.5 Å². The molecule has 1 saturated heterocycles. The molecule has 164 valence electrons. The van der Waals surface area contributed by atoms with Gasteiger partial charge in [0.2, 0.25) is 0 Å². The molecule has 4 heteroatoms. The zero-order valence-corrected chi connectivity index (χ0v) is 18.8. The van der Waals surface area contributed by atoms with Gasteiger partial charge in [0.15, 0.2) is 0 Å². The Morgan fingerprint density at radius 1 is 1.33 bits per heavy atom. The molecular weight excluding hydrogens is 374 g/mol. The van der Waals surface area contributed by atoms with Crippen molar-refractivity contribution in [2.75, 3.05) is 19.6 Å². The van der Waals surface area contributed by atoms with Crippen LogP contribution in [0.5, 0.6) is 0 Å². The Morgan fingerprint density at radius 3 is 2.77 bits per heavy atom. The van der Waals surface area contributed by atoms with Crippen molar-refractivity contribution in [1.82, 2.24) is 0 Å². The van der Waals surface area contributed by atoms with Crippen molar-refractivity contribution in [3.05, 3.63) is 48.0 Å². The fourth-order valence-electron chi connectivity index (χ4n) is 6.53. The van der Waals surface area contributed by atoms with Crippen LogP contribution in [0.3, 0.4) is 0 Å². The number of hydrogen-bond donors (Lipinski definition) is 2. The van der Waals surface area contributed by atoms with Crippen LogP contribution in [0, 0.1) is 23.2 Å². The number of quaternary nitrogens is 1. The molecule has 0 spiro atoms. The first kappa shape index (κ1) is 21.6. The van der Waals surface area contributed by atoms with E-state index in [1.54, 1.807) is 0 Å². The Bertz CT molecular complexity index is 789. The molecule has 0 bridgehead atoms. The minimum absolute atomic E-state index is 0.0248. The molecule has 1 heterocycles. The van der Waals surface area contributed by atoms with Gasteiger partial charge in [0.1, 0.15) is 24.2 Å². The van der Waals surface area contributed by atoms with Gasteiger partial charge in [-0.15, -0.1) is 0 Å². The van der Waals surface area contributed by atoms with E-state index in [4.69, 9.17) is 4.74 Å². The van der Waals surface area contributed by atoms with Gasteiger partial charge in [0.25, 0.3) is 0 Å². The Kier molecular flexibility index (Phi) is 5.84. The highest BCUT2D eigenvalue weighted by molar-refractivity contribution is 5.75. The summed E-state index contributed by atoms with van der Waals surface area (Å²) < 4.78 is 5.94. The molecule has 1 aromatic rings. The van der Waals surface area contributed by atoms with E-state index in [1.165, 1.54) is 23.3 Å². The van der Waals surface area contributed by atoms with Gasteiger partial charge in [-0.1, -0.05) is 49.4 Å². The summed E-state index contributed by atoms with van der Waals surface area (Å²) in [5, 5.41) is 11.1. The first-order valence-electron chi connectivity index (χ1n) is 11.7. The molecule has 3 fully saturated rings. The highest BCUT2D eigenvalue weighted by Crippen LogP contribution is 2.56. The van der Waals surface area contributed by atoms with Crippen molar-refractivity contribution in [2.45, 2.75) is 64.6 Å². The molecule has 4 nitrogen and oxygen atoms in total. The van der Waals surface area contributed by atoms with E-state index in [0.717, 1.165) is 37.9 Å². The number of aliphatic hydroxyl groups is 1. The third-order valence-corrected chi connectivity index (χ3v) is 8.32. The molecule has 7 atom stereocenters. The minimum atomic E-state index is -0.919. The van der Waals surface area contributed by atoms with Crippen LogP contribution in [-0.2, 0) is 15.1 Å². The highest BCUT2D eigenvalue weighted by Gasteiger charge is 2.56. The van der Waals surface area contributed by atoms with Crippen LogP contribution in [0.1, 0.15) is 58.4 Å². The fraction of sp³-hybridized carbons (Fsp3) is 0.654. The summed E-state index contributed by atoms with van der Waals surface area (Å²) in [4.78, 5) is 14.2. The second-order valence-corrected chi connectivity index (χ2v) is 10.5. The van der Waals surface area contributed by atoms with E-state index in [0.29, 0.717) is 12.5 Å². The smallest absolute Gasteiger partial charge is 0.315 e. The molecule has 0 radical (unpaired) electrons. The zero-order chi connectivity index (χ0) is 21.5. The van der Waals surface area contributed by atoms with Gasteiger partial charge in [0, 0.05) is 5.92 Å². The largest absolute Gasteiger partial charge is 0.462 e. The van der Waals surface area contributed by atoms with Crippen LogP contribution in [0.4, 0.5) is 0 Å². The number of fused-ring (bicyclic) bond motifs is 2. The predicted octanol–water partition coefficient (Wildman–Crippen LogP) is 3.11. The first-order chi connectivity index (χ1) is 14.2. The minimum Gasteiger partial charge on any atom is -0.462 e. The lowest BCUT2D eigenvalue weighted by molar-refractivity contribution is -0.908. The van der Waals surface area contributed by atoms with Gasteiger partial charge in [0.05, 0.1) is 13.1 Å². The monoisotopic (exact) mass is 412 g/mol. The summed E-state index contributed by atoms with van der Waals surface area (Å²) in [6.45, 7) is 13.0. The molecule has 0 amide bonds. The van der Waals surface area contributed by atoms with Crippen LogP contribution in [-0.4, -0.2) is 36.8 Å². The fourth-order valence-corrected chi connectivity index (χ4v) is 6.53. The first-order valence-corrected chi connectivity index (χ1v) is 11.7. The van der Waals surface area contributed by atoms with E-state index in [1.807, 2.05) is 37.3 Å². The number of likely N-dealkylation sites (N-methyl/N-ethyl adjacent to an activating group) is 1. The summed E-state index contributed by atoms with van der Waals surface area (Å²) >= 11 is 0. The number of carbonyl (C=O) groups is 1. The lowest BCUT2D eigenvalue weighted by Gasteiger charge is -2.50. The molecule has 2 N–H and O–H groups in total. The average molecular weight is 413 g/mol. The number of carbonyl (C=O) groups excluding carboxylic acids is 1. The SMILES string of the molecule is C=C1CCC[C@@]2(C)C[C@@H]3OC(=O)[C@@H](C[NH+](CC)C[C@@](C)(O)c4ccccc4)[C@H]3C[C@H]12.